The van der Waals surface area contributed by atoms with Crippen LogP contribution in [0.25, 0.3) is 10.9 Å². The van der Waals surface area contributed by atoms with Crippen molar-refractivity contribution in [2.45, 2.75) is 32.9 Å². The summed E-state index contributed by atoms with van der Waals surface area (Å²) in [6, 6.07) is 9.49. The van der Waals surface area contributed by atoms with E-state index in [1.54, 1.807) is 43.3 Å². The van der Waals surface area contributed by atoms with Crippen LogP contribution in [0.1, 0.15) is 28.5 Å². The molecule has 0 N–H and O–H groups in total. The van der Waals surface area contributed by atoms with E-state index < -0.39 is 11.2 Å². The Morgan fingerprint density at radius 3 is 2.53 bits per heavy atom. The molecule has 2 aromatic carbocycles. The monoisotopic (exact) mass is 482 g/mol. The number of carbonyl (C=O) groups excluding carboxylic acids is 1. The van der Waals surface area contributed by atoms with E-state index in [0.717, 1.165) is 4.57 Å². The van der Waals surface area contributed by atoms with Gasteiger partial charge in [-0.15, -0.1) is 0 Å². The number of rotatable bonds is 7. The largest absolute Gasteiger partial charge is 0.454 e. The summed E-state index contributed by atoms with van der Waals surface area (Å²) < 4.78 is 18.3. The quantitative estimate of drug-likeness (QED) is 0.369. The molecule has 10 nitrogen and oxygen atoms in total. The van der Waals surface area contributed by atoms with Gasteiger partial charge in [0.2, 0.25) is 12.7 Å². The molecule has 5 rings (SSSR count). The maximum atomic E-state index is 13.4. The molecule has 0 spiro atoms. The van der Waals surface area contributed by atoms with E-state index in [1.165, 1.54) is 4.57 Å². The fourth-order valence-corrected chi connectivity index (χ4v) is 3.98. The van der Waals surface area contributed by atoms with Gasteiger partial charge in [-0.2, -0.15) is 4.98 Å². The molecule has 0 radical (unpaired) electrons. The van der Waals surface area contributed by atoms with E-state index in [-0.39, 0.29) is 31.1 Å². The summed E-state index contributed by atoms with van der Waals surface area (Å²) in [6.07, 6.45) is 0.813. The minimum atomic E-state index is -0.597. The van der Waals surface area contributed by atoms with E-state index in [1.807, 2.05) is 0 Å². The Kier molecular flexibility index (Phi) is 5.66. The molecule has 1 aliphatic heterocycles. The predicted molar refractivity (Wildman–Crippen MR) is 122 cm³/mol. The third-order valence-electron chi connectivity index (χ3n) is 5.53. The van der Waals surface area contributed by atoms with Gasteiger partial charge in [-0.05, 0) is 43.7 Å². The summed E-state index contributed by atoms with van der Waals surface area (Å²) in [6.45, 7) is 1.57. The Balaban J connectivity index is 1.55. The van der Waals surface area contributed by atoms with Crippen LogP contribution in [-0.4, -0.2) is 31.9 Å². The molecule has 4 aromatic rings. The van der Waals surface area contributed by atoms with Gasteiger partial charge in [-0.3, -0.25) is 18.7 Å². The second-order valence-corrected chi connectivity index (χ2v) is 8.25. The van der Waals surface area contributed by atoms with E-state index >= 15 is 0 Å². The Labute approximate surface area is 197 Å². The van der Waals surface area contributed by atoms with Crippen molar-refractivity contribution in [1.82, 2.24) is 19.3 Å². The van der Waals surface area contributed by atoms with Gasteiger partial charge in [-0.25, -0.2) is 4.79 Å². The van der Waals surface area contributed by atoms with Crippen molar-refractivity contribution in [2.75, 3.05) is 6.79 Å². The SMILES string of the molecule is Cc1noc(CCCn2c(=O)c3cc4c(cc3n(CC(=O)c3ccc(Cl)cc3)c2=O)OCO4)n1. The zero-order chi connectivity index (χ0) is 23.8. The number of halogens is 1. The van der Waals surface area contributed by atoms with Gasteiger partial charge in [0.05, 0.1) is 17.4 Å². The van der Waals surface area contributed by atoms with Gasteiger partial charge >= 0.3 is 5.69 Å². The molecule has 2 aromatic heterocycles. The number of aromatic nitrogens is 4. The van der Waals surface area contributed by atoms with Gasteiger partial charge in [-0.1, -0.05) is 16.8 Å². The standard InChI is InChI=1S/C23H19ClN4O6/c1-13-25-21(34-26-13)3-2-8-27-22(30)16-9-19-20(33-12-32-19)10-17(16)28(23(27)31)11-18(29)14-4-6-15(24)7-5-14/h4-7,9-10H,2-3,8,11-12H2,1H3. The van der Waals surface area contributed by atoms with E-state index in [4.69, 9.17) is 25.6 Å². The minimum Gasteiger partial charge on any atom is -0.454 e. The number of Topliss-reactive ketones (excluding diaryl/α,β-unsaturated/α-hetero) is 1. The van der Waals surface area contributed by atoms with E-state index in [2.05, 4.69) is 10.1 Å². The van der Waals surface area contributed by atoms with Crippen LogP contribution in [0.2, 0.25) is 5.02 Å². The van der Waals surface area contributed by atoms with Gasteiger partial charge < -0.3 is 14.0 Å². The van der Waals surface area contributed by atoms with Gasteiger partial charge in [0.25, 0.3) is 5.56 Å². The molecule has 0 fully saturated rings. The summed E-state index contributed by atoms with van der Waals surface area (Å²) in [4.78, 5) is 43.8. The Morgan fingerprint density at radius 2 is 1.82 bits per heavy atom. The first-order valence-corrected chi connectivity index (χ1v) is 10.9. The first-order chi connectivity index (χ1) is 16.4. The second-order valence-electron chi connectivity index (χ2n) is 7.82. The maximum absolute atomic E-state index is 13.4. The van der Waals surface area contributed by atoms with Crippen molar-refractivity contribution in [1.29, 1.82) is 0 Å². The Bertz CT molecular complexity index is 1520. The lowest BCUT2D eigenvalue weighted by Gasteiger charge is -2.14. The highest BCUT2D eigenvalue weighted by Gasteiger charge is 2.22. The molecule has 0 atom stereocenters. The van der Waals surface area contributed by atoms with Crippen LogP contribution in [-0.2, 0) is 19.5 Å². The summed E-state index contributed by atoms with van der Waals surface area (Å²) in [7, 11) is 0. The third kappa shape index (κ3) is 4.08. The van der Waals surface area contributed by atoms with Crippen LogP contribution in [0.4, 0.5) is 0 Å². The van der Waals surface area contributed by atoms with E-state index in [9.17, 15) is 14.4 Å². The average molecular weight is 483 g/mol. The van der Waals surface area contributed by atoms with Gasteiger partial charge in [0.15, 0.2) is 23.1 Å². The summed E-state index contributed by atoms with van der Waals surface area (Å²) in [5, 5.41) is 4.49. The zero-order valence-corrected chi connectivity index (χ0v) is 18.9. The molecule has 3 heterocycles. The molecule has 0 aliphatic carbocycles. The smallest absolute Gasteiger partial charge is 0.331 e. The summed E-state index contributed by atoms with van der Waals surface area (Å²) in [5.41, 5.74) is -0.379. The number of ether oxygens (including phenoxy) is 2. The topological polar surface area (TPSA) is 118 Å². The summed E-state index contributed by atoms with van der Waals surface area (Å²) in [5.74, 6) is 1.45. The fourth-order valence-electron chi connectivity index (χ4n) is 3.86. The number of nitrogens with zero attached hydrogens (tertiary/aromatic N) is 4. The van der Waals surface area contributed by atoms with E-state index in [0.29, 0.717) is 52.2 Å². The predicted octanol–water partition coefficient (Wildman–Crippen LogP) is 2.75. The number of benzene rings is 2. The number of hydrogen-bond acceptors (Lipinski definition) is 8. The average Bonchev–Trinajstić information content (AvgIpc) is 3.46. The molecule has 34 heavy (non-hydrogen) atoms. The first-order valence-electron chi connectivity index (χ1n) is 10.6. The zero-order valence-electron chi connectivity index (χ0n) is 18.1. The lowest BCUT2D eigenvalue weighted by atomic mass is 10.1. The minimum absolute atomic E-state index is 0.0113. The van der Waals surface area contributed by atoms with Crippen molar-refractivity contribution in [3.05, 3.63) is 79.5 Å². The van der Waals surface area contributed by atoms with Crippen LogP contribution >= 0.6 is 11.6 Å². The van der Waals surface area contributed by atoms with Crippen LogP contribution in [0, 0.1) is 6.92 Å². The third-order valence-corrected chi connectivity index (χ3v) is 5.78. The van der Waals surface area contributed by atoms with Crippen LogP contribution in [0.5, 0.6) is 11.5 Å². The molecule has 0 saturated heterocycles. The molecular formula is C23H19ClN4O6. The molecule has 0 bridgehead atoms. The molecule has 11 heteroatoms. The van der Waals surface area contributed by atoms with Crippen molar-refractivity contribution in [2.24, 2.45) is 0 Å². The van der Waals surface area contributed by atoms with Crippen molar-refractivity contribution >= 4 is 28.3 Å². The highest BCUT2D eigenvalue weighted by Crippen LogP contribution is 2.34. The molecular weight excluding hydrogens is 464 g/mol. The number of carbonyl (C=O) groups is 1. The van der Waals surface area contributed by atoms with Crippen molar-refractivity contribution in [3.63, 3.8) is 0 Å². The van der Waals surface area contributed by atoms with Gasteiger partial charge in [0, 0.05) is 29.6 Å². The normalized spacial score (nSPS) is 12.4. The number of fused-ring (bicyclic) bond motifs is 2. The number of ketones is 1. The molecule has 0 unspecified atom stereocenters. The van der Waals surface area contributed by atoms with Crippen LogP contribution in [0.3, 0.4) is 0 Å². The molecule has 1 aliphatic rings. The fraction of sp³-hybridized carbons (Fsp3) is 0.261. The Hall–Kier alpha value is -3.92. The molecule has 0 saturated carbocycles. The van der Waals surface area contributed by atoms with Crippen LogP contribution < -0.4 is 20.7 Å². The van der Waals surface area contributed by atoms with Crippen molar-refractivity contribution < 1.29 is 18.8 Å². The maximum Gasteiger partial charge on any atom is 0.331 e. The summed E-state index contributed by atoms with van der Waals surface area (Å²) >= 11 is 5.92. The molecule has 174 valence electrons. The second kappa shape index (κ2) is 8.79. The highest BCUT2D eigenvalue weighted by atomic mass is 35.5. The molecule has 0 amide bonds. The first kappa shape index (κ1) is 21.9. The van der Waals surface area contributed by atoms with Crippen LogP contribution in [0.15, 0.2) is 50.5 Å². The lowest BCUT2D eigenvalue weighted by Crippen LogP contribution is -2.41. The van der Waals surface area contributed by atoms with Gasteiger partial charge in [0.1, 0.15) is 0 Å². The lowest BCUT2D eigenvalue weighted by molar-refractivity contribution is 0.0971. The number of hydrogen-bond donors (Lipinski definition) is 0. The van der Waals surface area contributed by atoms with Crippen molar-refractivity contribution in [3.8, 4) is 11.5 Å². The highest BCUT2D eigenvalue weighted by molar-refractivity contribution is 6.30. The Morgan fingerprint density at radius 1 is 1.09 bits per heavy atom. The number of aryl methyl sites for hydroxylation is 2.